The predicted molar refractivity (Wildman–Crippen MR) is 66.2 cm³/mol. The fourth-order valence-electron chi connectivity index (χ4n) is 1.85. The molecule has 0 saturated heterocycles. The molecule has 0 aliphatic heterocycles. The molecular formula is C15H13F3O. The molecule has 0 spiro atoms. The van der Waals surface area contributed by atoms with Gasteiger partial charge in [0.25, 0.3) is 0 Å². The van der Waals surface area contributed by atoms with E-state index in [0.717, 1.165) is 11.1 Å². The number of rotatable bonds is 3. The smallest absolute Gasteiger partial charge is 0.161 e. The zero-order chi connectivity index (χ0) is 14.0. The van der Waals surface area contributed by atoms with Gasteiger partial charge in [-0.3, -0.25) is 0 Å². The van der Waals surface area contributed by atoms with Gasteiger partial charge in [0.1, 0.15) is 5.82 Å². The molecule has 0 aliphatic rings. The molecule has 2 aromatic rings. The minimum absolute atomic E-state index is 0.141. The van der Waals surface area contributed by atoms with Crippen LogP contribution in [0.5, 0.6) is 0 Å². The van der Waals surface area contributed by atoms with Crippen LogP contribution >= 0.6 is 0 Å². The lowest BCUT2D eigenvalue weighted by atomic mass is 10.00. The minimum atomic E-state index is -1.26. The molecule has 0 fully saturated rings. The highest BCUT2D eigenvalue weighted by molar-refractivity contribution is 5.26. The van der Waals surface area contributed by atoms with Crippen molar-refractivity contribution in [3.63, 3.8) is 0 Å². The summed E-state index contributed by atoms with van der Waals surface area (Å²) in [5.41, 5.74) is 1.62. The average Bonchev–Trinajstić information content (AvgIpc) is 2.36. The van der Waals surface area contributed by atoms with Crippen LogP contribution in [0.25, 0.3) is 0 Å². The van der Waals surface area contributed by atoms with Gasteiger partial charge in [-0.15, -0.1) is 0 Å². The summed E-state index contributed by atoms with van der Waals surface area (Å²) in [7, 11) is 0. The lowest BCUT2D eigenvalue weighted by Crippen LogP contribution is -2.06. The Hall–Kier alpha value is -1.81. The molecule has 0 radical (unpaired) electrons. The van der Waals surface area contributed by atoms with Crippen LogP contribution in [0.15, 0.2) is 36.4 Å². The van der Waals surface area contributed by atoms with Crippen LogP contribution in [0, 0.1) is 24.4 Å². The predicted octanol–water partition coefficient (Wildman–Crippen LogP) is 3.69. The first-order valence-corrected chi connectivity index (χ1v) is 5.85. The Morgan fingerprint density at radius 1 is 0.947 bits per heavy atom. The lowest BCUT2D eigenvalue weighted by molar-refractivity contribution is 0.172. The number of hydrogen-bond donors (Lipinski definition) is 1. The van der Waals surface area contributed by atoms with Gasteiger partial charge < -0.3 is 5.11 Å². The molecule has 4 heteroatoms. The first-order chi connectivity index (χ1) is 8.97. The maximum absolute atomic E-state index is 13.5. The Morgan fingerprint density at radius 3 is 2.16 bits per heavy atom. The Kier molecular flexibility index (Phi) is 3.90. The molecule has 0 heterocycles. The Morgan fingerprint density at radius 2 is 1.53 bits per heavy atom. The van der Waals surface area contributed by atoms with Crippen LogP contribution in [0.2, 0.25) is 0 Å². The highest BCUT2D eigenvalue weighted by atomic mass is 19.2. The lowest BCUT2D eigenvalue weighted by Gasteiger charge is -2.12. The quantitative estimate of drug-likeness (QED) is 0.840. The molecule has 0 bridgehead atoms. The van der Waals surface area contributed by atoms with E-state index in [1.807, 2.05) is 19.1 Å². The van der Waals surface area contributed by atoms with E-state index in [9.17, 15) is 18.3 Å². The second-order valence-electron chi connectivity index (χ2n) is 4.49. The molecule has 0 aromatic heterocycles. The zero-order valence-corrected chi connectivity index (χ0v) is 10.3. The van der Waals surface area contributed by atoms with Gasteiger partial charge in [0.2, 0.25) is 0 Å². The van der Waals surface area contributed by atoms with Crippen molar-refractivity contribution in [1.82, 2.24) is 0 Å². The third-order valence-electron chi connectivity index (χ3n) is 2.95. The van der Waals surface area contributed by atoms with Crippen molar-refractivity contribution >= 4 is 0 Å². The van der Waals surface area contributed by atoms with Gasteiger partial charge in [-0.2, -0.15) is 0 Å². The monoisotopic (exact) mass is 266 g/mol. The zero-order valence-electron chi connectivity index (χ0n) is 10.3. The van der Waals surface area contributed by atoms with Crippen LogP contribution in [0.3, 0.4) is 0 Å². The van der Waals surface area contributed by atoms with E-state index >= 15 is 0 Å². The van der Waals surface area contributed by atoms with Crippen LogP contribution in [-0.2, 0) is 6.42 Å². The van der Waals surface area contributed by atoms with Crippen molar-refractivity contribution in [3.05, 3.63) is 70.5 Å². The maximum atomic E-state index is 13.5. The third-order valence-corrected chi connectivity index (χ3v) is 2.95. The summed E-state index contributed by atoms with van der Waals surface area (Å²) in [5.74, 6) is -3.37. The van der Waals surface area contributed by atoms with Gasteiger partial charge in [-0.25, -0.2) is 13.2 Å². The van der Waals surface area contributed by atoms with Gasteiger partial charge in [0, 0.05) is 18.1 Å². The highest BCUT2D eigenvalue weighted by Crippen LogP contribution is 2.23. The van der Waals surface area contributed by atoms with Gasteiger partial charge in [0.15, 0.2) is 11.6 Å². The Bertz CT molecular complexity index is 579. The van der Waals surface area contributed by atoms with Gasteiger partial charge >= 0.3 is 0 Å². The summed E-state index contributed by atoms with van der Waals surface area (Å²) in [5, 5.41) is 9.91. The molecular weight excluding hydrogens is 253 g/mol. The largest absolute Gasteiger partial charge is 0.388 e. The normalized spacial score (nSPS) is 12.5. The second kappa shape index (κ2) is 5.45. The van der Waals surface area contributed by atoms with Gasteiger partial charge in [0.05, 0.1) is 6.10 Å². The summed E-state index contributed by atoms with van der Waals surface area (Å²) in [6.07, 6.45) is -1.07. The minimum Gasteiger partial charge on any atom is -0.388 e. The van der Waals surface area contributed by atoms with Crippen LogP contribution in [0.1, 0.15) is 22.8 Å². The second-order valence-corrected chi connectivity index (χ2v) is 4.49. The molecule has 2 aromatic carbocycles. The summed E-state index contributed by atoms with van der Waals surface area (Å²) in [6, 6.07) is 8.48. The Labute approximate surface area is 109 Å². The summed E-state index contributed by atoms with van der Waals surface area (Å²) in [4.78, 5) is 0. The number of aliphatic hydroxyl groups excluding tert-OH is 1. The van der Waals surface area contributed by atoms with Crippen molar-refractivity contribution in [2.24, 2.45) is 0 Å². The van der Waals surface area contributed by atoms with E-state index in [1.54, 1.807) is 12.1 Å². The van der Waals surface area contributed by atoms with Crippen molar-refractivity contribution < 1.29 is 18.3 Å². The third kappa shape index (κ3) is 3.15. The molecule has 1 unspecified atom stereocenters. The fraction of sp³-hybridized carbons (Fsp3) is 0.200. The van der Waals surface area contributed by atoms with Crippen molar-refractivity contribution in [2.45, 2.75) is 19.4 Å². The van der Waals surface area contributed by atoms with Crippen molar-refractivity contribution in [1.29, 1.82) is 0 Å². The Balaban J connectivity index is 2.22. The molecule has 2 rings (SSSR count). The molecule has 1 atom stereocenters. The molecule has 0 aliphatic carbocycles. The van der Waals surface area contributed by atoms with Crippen LogP contribution in [-0.4, -0.2) is 5.11 Å². The molecule has 19 heavy (non-hydrogen) atoms. The molecule has 100 valence electrons. The number of hydrogen-bond acceptors (Lipinski definition) is 1. The number of halogens is 3. The summed E-state index contributed by atoms with van der Waals surface area (Å²) >= 11 is 0. The number of benzene rings is 2. The molecule has 1 N–H and O–H groups in total. The van der Waals surface area contributed by atoms with E-state index in [0.29, 0.717) is 12.1 Å². The average molecular weight is 266 g/mol. The number of aliphatic hydroxyl groups is 1. The van der Waals surface area contributed by atoms with Gasteiger partial charge in [-0.1, -0.05) is 29.8 Å². The molecule has 0 amide bonds. The van der Waals surface area contributed by atoms with Crippen LogP contribution < -0.4 is 0 Å². The van der Waals surface area contributed by atoms with E-state index in [4.69, 9.17) is 0 Å². The number of aryl methyl sites for hydroxylation is 1. The molecule has 1 nitrogen and oxygen atoms in total. The van der Waals surface area contributed by atoms with Crippen LogP contribution in [0.4, 0.5) is 13.2 Å². The SMILES string of the molecule is Cc1ccc(CC(O)c2cc(F)c(F)cc2F)cc1. The summed E-state index contributed by atoms with van der Waals surface area (Å²) < 4.78 is 39.3. The summed E-state index contributed by atoms with van der Waals surface area (Å²) in [6.45, 7) is 1.93. The van der Waals surface area contributed by atoms with E-state index < -0.39 is 23.6 Å². The van der Waals surface area contributed by atoms with E-state index in [-0.39, 0.29) is 12.0 Å². The first-order valence-electron chi connectivity index (χ1n) is 5.85. The topological polar surface area (TPSA) is 20.2 Å². The highest BCUT2D eigenvalue weighted by Gasteiger charge is 2.17. The first kappa shape index (κ1) is 13.6. The fourth-order valence-corrected chi connectivity index (χ4v) is 1.85. The molecule has 0 saturated carbocycles. The van der Waals surface area contributed by atoms with E-state index in [2.05, 4.69) is 0 Å². The standard InChI is InChI=1S/C15H13F3O/c1-9-2-4-10(5-3-9)6-15(19)11-7-13(17)14(18)8-12(11)16/h2-5,7-8,15,19H,6H2,1H3. The van der Waals surface area contributed by atoms with Gasteiger partial charge in [-0.05, 0) is 18.6 Å². The van der Waals surface area contributed by atoms with E-state index in [1.165, 1.54) is 0 Å². The van der Waals surface area contributed by atoms with Crippen molar-refractivity contribution in [3.8, 4) is 0 Å². The maximum Gasteiger partial charge on any atom is 0.161 e. The van der Waals surface area contributed by atoms with Crippen molar-refractivity contribution in [2.75, 3.05) is 0 Å².